The molecule has 1 aromatic carbocycles. The standard InChI is InChI=1S/C15H15N3O3/c1-8-16-14-13(15(20)17-8)10(7-12(19)18-14)9-5-3-4-6-11(9)21-2/h3-6,10H,7H2,1-2H3,(H2,16,17,18,19,20)/t10-/m0/s1. The van der Waals surface area contributed by atoms with Gasteiger partial charge in [0, 0.05) is 17.9 Å². The van der Waals surface area contributed by atoms with Gasteiger partial charge in [-0.15, -0.1) is 0 Å². The molecule has 6 heteroatoms. The Bertz CT molecular complexity index is 767. The number of para-hydroxylation sites is 1. The molecule has 0 unspecified atom stereocenters. The van der Waals surface area contributed by atoms with Crippen molar-refractivity contribution >= 4 is 11.7 Å². The van der Waals surface area contributed by atoms with Gasteiger partial charge in [-0.3, -0.25) is 9.59 Å². The molecule has 0 saturated heterocycles. The number of hydrogen-bond donors (Lipinski definition) is 2. The number of nitrogens with one attached hydrogen (secondary N) is 2. The summed E-state index contributed by atoms with van der Waals surface area (Å²) >= 11 is 0. The molecule has 0 fully saturated rings. The van der Waals surface area contributed by atoms with Crippen molar-refractivity contribution in [3.05, 3.63) is 51.6 Å². The monoisotopic (exact) mass is 285 g/mol. The van der Waals surface area contributed by atoms with Crippen molar-refractivity contribution in [1.29, 1.82) is 0 Å². The molecule has 1 aromatic heterocycles. The van der Waals surface area contributed by atoms with Gasteiger partial charge < -0.3 is 15.0 Å². The summed E-state index contributed by atoms with van der Waals surface area (Å²) < 4.78 is 5.35. The predicted molar refractivity (Wildman–Crippen MR) is 77.7 cm³/mol. The van der Waals surface area contributed by atoms with E-state index in [0.717, 1.165) is 5.56 Å². The zero-order valence-electron chi connectivity index (χ0n) is 11.8. The predicted octanol–water partition coefficient (Wildman–Crippen LogP) is 1.56. The van der Waals surface area contributed by atoms with Gasteiger partial charge in [0.2, 0.25) is 5.91 Å². The lowest BCUT2D eigenvalue weighted by molar-refractivity contribution is -0.116. The van der Waals surface area contributed by atoms with Crippen molar-refractivity contribution in [3.8, 4) is 5.75 Å². The fourth-order valence-electron chi connectivity index (χ4n) is 2.70. The van der Waals surface area contributed by atoms with Crippen LogP contribution in [-0.2, 0) is 4.79 Å². The van der Waals surface area contributed by atoms with E-state index in [1.165, 1.54) is 0 Å². The average molecular weight is 285 g/mol. The first-order valence-corrected chi connectivity index (χ1v) is 6.63. The van der Waals surface area contributed by atoms with E-state index in [1.807, 2.05) is 24.3 Å². The quantitative estimate of drug-likeness (QED) is 0.877. The number of aromatic nitrogens is 2. The number of carbonyl (C=O) groups is 1. The number of ether oxygens (including phenoxy) is 1. The molecule has 0 spiro atoms. The van der Waals surface area contributed by atoms with Crippen molar-refractivity contribution in [2.75, 3.05) is 12.4 Å². The van der Waals surface area contributed by atoms with Crippen LogP contribution in [0.2, 0.25) is 0 Å². The molecule has 1 amide bonds. The molecule has 3 rings (SSSR count). The Morgan fingerprint density at radius 2 is 2.05 bits per heavy atom. The van der Waals surface area contributed by atoms with Crippen LogP contribution in [0.15, 0.2) is 29.1 Å². The van der Waals surface area contributed by atoms with Gasteiger partial charge in [0.1, 0.15) is 17.4 Å². The third-order valence-corrected chi connectivity index (χ3v) is 3.58. The summed E-state index contributed by atoms with van der Waals surface area (Å²) in [5.41, 5.74) is 1.06. The van der Waals surface area contributed by atoms with Crippen molar-refractivity contribution in [2.45, 2.75) is 19.3 Å². The van der Waals surface area contributed by atoms with Crippen LogP contribution < -0.4 is 15.6 Å². The maximum absolute atomic E-state index is 12.3. The van der Waals surface area contributed by atoms with Gasteiger partial charge >= 0.3 is 0 Å². The fourth-order valence-corrected chi connectivity index (χ4v) is 2.70. The van der Waals surface area contributed by atoms with Crippen LogP contribution >= 0.6 is 0 Å². The largest absolute Gasteiger partial charge is 0.496 e. The second-order valence-electron chi connectivity index (χ2n) is 4.96. The first-order valence-electron chi connectivity index (χ1n) is 6.63. The Labute approximate surface area is 121 Å². The first-order chi connectivity index (χ1) is 10.1. The molecule has 6 nitrogen and oxygen atoms in total. The maximum Gasteiger partial charge on any atom is 0.256 e. The number of methoxy groups -OCH3 is 1. The van der Waals surface area contributed by atoms with E-state index >= 15 is 0 Å². The number of nitrogens with zero attached hydrogens (tertiary/aromatic N) is 1. The van der Waals surface area contributed by atoms with Gasteiger partial charge in [-0.2, -0.15) is 0 Å². The number of benzene rings is 1. The van der Waals surface area contributed by atoms with Crippen LogP contribution in [-0.4, -0.2) is 23.0 Å². The maximum atomic E-state index is 12.3. The highest BCUT2D eigenvalue weighted by Gasteiger charge is 2.32. The Hall–Kier alpha value is -2.63. The van der Waals surface area contributed by atoms with Crippen LogP contribution in [0.5, 0.6) is 5.75 Å². The molecule has 1 aliphatic rings. The van der Waals surface area contributed by atoms with Gasteiger partial charge in [0.15, 0.2) is 0 Å². The topological polar surface area (TPSA) is 84.1 Å². The van der Waals surface area contributed by atoms with Gasteiger partial charge in [-0.25, -0.2) is 4.98 Å². The molecule has 0 radical (unpaired) electrons. The molecule has 108 valence electrons. The molecule has 2 aromatic rings. The average Bonchev–Trinajstić information content (AvgIpc) is 2.45. The third kappa shape index (κ3) is 2.29. The minimum atomic E-state index is -0.359. The summed E-state index contributed by atoms with van der Waals surface area (Å²) in [4.78, 5) is 31.1. The lowest BCUT2D eigenvalue weighted by Crippen LogP contribution is -2.31. The molecule has 1 aliphatic heterocycles. The van der Waals surface area contributed by atoms with Gasteiger partial charge in [-0.1, -0.05) is 18.2 Å². The number of hydrogen-bond acceptors (Lipinski definition) is 4. The summed E-state index contributed by atoms with van der Waals surface area (Å²) in [5.74, 6) is 0.948. The number of aromatic amines is 1. The third-order valence-electron chi connectivity index (χ3n) is 3.58. The molecule has 0 aliphatic carbocycles. The Balaban J connectivity index is 2.22. The Morgan fingerprint density at radius 3 is 2.81 bits per heavy atom. The fraction of sp³-hybridized carbons (Fsp3) is 0.267. The van der Waals surface area contributed by atoms with Crippen LogP contribution in [0.3, 0.4) is 0 Å². The molecule has 2 heterocycles. The zero-order chi connectivity index (χ0) is 15.0. The van der Waals surface area contributed by atoms with E-state index in [1.54, 1.807) is 14.0 Å². The number of anilines is 1. The number of H-pyrrole nitrogens is 1. The van der Waals surface area contributed by atoms with E-state index in [9.17, 15) is 9.59 Å². The van der Waals surface area contributed by atoms with Crippen molar-refractivity contribution < 1.29 is 9.53 Å². The summed E-state index contributed by atoms with van der Waals surface area (Å²) in [6, 6.07) is 7.39. The Morgan fingerprint density at radius 1 is 1.29 bits per heavy atom. The SMILES string of the molecule is COc1ccccc1[C@@H]1CC(=O)Nc2nc(C)[nH]c(=O)c21. The number of fused-ring (bicyclic) bond motifs is 1. The van der Waals surface area contributed by atoms with E-state index in [0.29, 0.717) is 23.0 Å². The smallest absolute Gasteiger partial charge is 0.256 e. The lowest BCUT2D eigenvalue weighted by atomic mass is 9.86. The normalized spacial score (nSPS) is 17.0. The second-order valence-corrected chi connectivity index (χ2v) is 4.96. The summed E-state index contributed by atoms with van der Waals surface area (Å²) in [7, 11) is 1.57. The van der Waals surface area contributed by atoms with E-state index in [-0.39, 0.29) is 23.8 Å². The second kappa shape index (κ2) is 5.05. The number of rotatable bonds is 2. The van der Waals surface area contributed by atoms with Crippen LogP contribution in [0.1, 0.15) is 29.3 Å². The molecule has 1 atom stereocenters. The molecule has 21 heavy (non-hydrogen) atoms. The summed E-state index contributed by atoms with van der Waals surface area (Å²) in [6.07, 6.45) is 0.196. The molecule has 2 N–H and O–H groups in total. The first kappa shape index (κ1) is 13.4. The number of aryl methyl sites for hydroxylation is 1. The lowest BCUT2D eigenvalue weighted by Gasteiger charge is -2.25. The van der Waals surface area contributed by atoms with Crippen molar-refractivity contribution in [2.24, 2.45) is 0 Å². The summed E-state index contributed by atoms with van der Waals surface area (Å²) in [6.45, 7) is 1.68. The van der Waals surface area contributed by atoms with E-state index < -0.39 is 0 Å². The van der Waals surface area contributed by atoms with Crippen LogP contribution in [0, 0.1) is 6.92 Å². The number of amides is 1. The van der Waals surface area contributed by atoms with Gasteiger partial charge in [0.05, 0.1) is 12.7 Å². The van der Waals surface area contributed by atoms with E-state index in [2.05, 4.69) is 15.3 Å². The molecule has 0 saturated carbocycles. The minimum Gasteiger partial charge on any atom is -0.496 e. The van der Waals surface area contributed by atoms with Crippen LogP contribution in [0.4, 0.5) is 5.82 Å². The van der Waals surface area contributed by atoms with Gasteiger partial charge in [-0.05, 0) is 13.0 Å². The minimum absolute atomic E-state index is 0.157. The highest BCUT2D eigenvalue weighted by atomic mass is 16.5. The molecule has 0 bridgehead atoms. The van der Waals surface area contributed by atoms with Crippen LogP contribution in [0.25, 0.3) is 0 Å². The van der Waals surface area contributed by atoms with Crippen molar-refractivity contribution in [3.63, 3.8) is 0 Å². The Kier molecular flexibility index (Phi) is 3.21. The van der Waals surface area contributed by atoms with Gasteiger partial charge in [0.25, 0.3) is 5.56 Å². The zero-order valence-corrected chi connectivity index (χ0v) is 11.8. The summed E-state index contributed by atoms with van der Waals surface area (Å²) in [5, 5.41) is 2.67. The van der Waals surface area contributed by atoms with E-state index in [4.69, 9.17) is 4.74 Å². The number of carbonyl (C=O) groups excluding carboxylic acids is 1. The van der Waals surface area contributed by atoms with Crippen molar-refractivity contribution in [1.82, 2.24) is 9.97 Å². The molecular weight excluding hydrogens is 270 g/mol. The highest BCUT2D eigenvalue weighted by Crippen LogP contribution is 2.37. The molecular formula is C15H15N3O3. The highest BCUT2D eigenvalue weighted by molar-refractivity contribution is 5.94.